The fourth-order valence-corrected chi connectivity index (χ4v) is 1.91. The lowest BCUT2D eigenvalue weighted by atomic mass is 10.1. The van der Waals surface area contributed by atoms with Crippen molar-refractivity contribution in [3.8, 4) is 5.69 Å². The number of amides is 1. The van der Waals surface area contributed by atoms with Gasteiger partial charge < -0.3 is 10.4 Å². The molecule has 0 saturated carbocycles. The molecule has 0 fully saturated rings. The molecule has 0 radical (unpaired) electrons. The van der Waals surface area contributed by atoms with Gasteiger partial charge in [-0.1, -0.05) is 12.1 Å². The molecule has 1 aromatic carbocycles. The number of aliphatic hydroxyl groups is 1. The number of aliphatic hydroxyl groups excluding tert-OH is 1. The standard InChI is InChI=1S/C14H18N4O2/c1-2-12(7-10-19)16-14(20)11-3-5-13(6-4-11)18-9-8-15-17-18/h3-6,8-9,12,19H,2,7,10H2,1H3,(H,16,20). The minimum absolute atomic E-state index is 0.00231. The molecule has 1 amide bonds. The molecule has 0 aliphatic carbocycles. The molecule has 0 aliphatic heterocycles. The van der Waals surface area contributed by atoms with Crippen molar-refractivity contribution in [3.05, 3.63) is 42.2 Å². The van der Waals surface area contributed by atoms with Crippen LogP contribution in [0.3, 0.4) is 0 Å². The van der Waals surface area contributed by atoms with Gasteiger partial charge in [0, 0.05) is 18.2 Å². The van der Waals surface area contributed by atoms with Crippen molar-refractivity contribution in [1.29, 1.82) is 0 Å². The van der Waals surface area contributed by atoms with E-state index in [0.29, 0.717) is 12.0 Å². The number of benzene rings is 1. The fourth-order valence-electron chi connectivity index (χ4n) is 1.91. The Labute approximate surface area is 117 Å². The highest BCUT2D eigenvalue weighted by Crippen LogP contribution is 2.09. The van der Waals surface area contributed by atoms with Gasteiger partial charge in [-0.25, -0.2) is 4.68 Å². The molecule has 0 aliphatic rings. The van der Waals surface area contributed by atoms with Crippen LogP contribution in [0.15, 0.2) is 36.7 Å². The molecule has 1 atom stereocenters. The summed E-state index contributed by atoms with van der Waals surface area (Å²) < 4.78 is 1.63. The first-order chi connectivity index (χ1) is 9.74. The number of carbonyl (C=O) groups is 1. The molecule has 2 rings (SSSR count). The van der Waals surface area contributed by atoms with Crippen LogP contribution >= 0.6 is 0 Å². The Morgan fingerprint density at radius 3 is 2.70 bits per heavy atom. The molecule has 0 spiro atoms. The lowest BCUT2D eigenvalue weighted by Crippen LogP contribution is -2.35. The minimum Gasteiger partial charge on any atom is -0.396 e. The second kappa shape index (κ2) is 6.81. The Morgan fingerprint density at radius 2 is 2.15 bits per heavy atom. The van der Waals surface area contributed by atoms with Gasteiger partial charge in [0.2, 0.25) is 0 Å². The molecule has 2 N–H and O–H groups in total. The van der Waals surface area contributed by atoms with E-state index in [-0.39, 0.29) is 18.6 Å². The van der Waals surface area contributed by atoms with Gasteiger partial charge in [0.1, 0.15) is 0 Å². The summed E-state index contributed by atoms with van der Waals surface area (Å²) in [5.41, 5.74) is 1.44. The molecular weight excluding hydrogens is 256 g/mol. The Balaban J connectivity index is 2.04. The van der Waals surface area contributed by atoms with Gasteiger partial charge in [-0.15, -0.1) is 5.10 Å². The van der Waals surface area contributed by atoms with E-state index in [0.717, 1.165) is 12.1 Å². The first-order valence-corrected chi connectivity index (χ1v) is 6.63. The molecule has 6 nitrogen and oxygen atoms in total. The first-order valence-electron chi connectivity index (χ1n) is 6.63. The number of nitrogens with zero attached hydrogens (tertiary/aromatic N) is 3. The highest BCUT2D eigenvalue weighted by Gasteiger charge is 2.11. The van der Waals surface area contributed by atoms with Crippen LogP contribution in [0.5, 0.6) is 0 Å². The maximum absolute atomic E-state index is 12.1. The second-order valence-electron chi connectivity index (χ2n) is 4.49. The van der Waals surface area contributed by atoms with Crippen molar-refractivity contribution in [2.75, 3.05) is 6.61 Å². The van der Waals surface area contributed by atoms with Gasteiger partial charge in [-0.3, -0.25) is 4.79 Å². The molecule has 106 valence electrons. The third-order valence-electron chi connectivity index (χ3n) is 3.12. The van der Waals surface area contributed by atoms with Gasteiger partial charge in [0.05, 0.1) is 18.1 Å². The van der Waals surface area contributed by atoms with Crippen LogP contribution in [0.1, 0.15) is 30.1 Å². The average molecular weight is 274 g/mol. The van der Waals surface area contributed by atoms with E-state index in [1.807, 2.05) is 19.1 Å². The van der Waals surface area contributed by atoms with Crippen LogP contribution < -0.4 is 5.32 Å². The van der Waals surface area contributed by atoms with Gasteiger partial charge in [-0.2, -0.15) is 0 Å². The monoisotopic (exact) mass is 274 g/mol. The maximum atomic E-state index is 12.1. The summed E-state index contributed by atoms with van der Waals surface area (Å²) in [6.45, 7) is 2.05. The van der Waals surface area contributed by atoms with Crippen molar-refractivity contribution in [3.63, 3.8) is 0 Å². The number of hydrogen-bond donors (Lipinski definition) is 2. The van der Waals surface area contributed by atoms with Crippen LogP contribution in [0.4, 0.5) is 0 Å². The Hall–Kier alpha value is -2.21. The largest absolute Gasteiger partial charge is 0.396 e. The summed E-state index contributed by atoms with van der Waals surface area (Å²) in [5, 5.41) is 19.5. The van der Waals surface area contributed by atoms with Crippen molar-refractivity contribution in [2.45, 2.75) is 25.8 Å². The van der Waals surface area contributed by atoms with E-state index in [9.17, 15) is 4.79 Å². The molecule has 6 heteroatoms. The first kappa shape index (κ1) is 14.2. The number of rotatable bonds is 6. The highest BCUT2D eigenvalue weighted by atomic mass is 16.3. The summed E-state index contributed by atoms with van der Waals surface area (Å²) in [4.78, 5) is 12.1. The summed E-state index contributed by atoms with van der Waals surface area (Å²) in [5.74, 6) is -0.129. The number of aromatic nitrogens is 3. The van der Waals surface area contributed by atoms with E-state index >= 15 is 0 Å². The zero-order chi connectivity index (χ0) is 14.4. The van der Waals surface area contributed by atoms with Gasteiger partial charge in [0.25, 0.3) is 5.91 Å². The predicted molar refractivity (Wildman–Crippen MR) is 74.6 cm³/mol. The summed E-state index contributed by atoms with van der Waals surface area (Å²) >= 11 is 0. The zero-order valence-corrected chi connectivity index (χ0v) is 11.4. The Bertz CT molecular complexity index is 537. The van der Waals surface area contributed by atoms with E-state index in [1.54, 1.807) is 29.2 Å². The smallest absolute Gasteiger partial charge is 0.251 e. The van der Waals surface area contributed by atoms with E-state index in [2.05, 4.69) is 15.6 Å². The quantitative estimate of drug-likeness (QED) is 0.828. The Morgan fingerprint density at radius 1 is 1.40 bits per heavy atom. The predicted octanol–water partition coefficient (Wildman–Crippen LogP) is 1.16. The molecule has 1 aromatic heterocycles. The van der Waals surface area contributed by atoms with Gasteiger partial charge >= 0.3 is 0 Å². The molecule has 20 heavy (non-hydrogen) atoms. The lowest BCUT2D eigenvalue weighted by molar-refractivity contribution is 0.0929. The molecule has 0 saturated heterocycles. The number of hydrogen-bond acceptors (Lipinski definition) is 4. The minimum atomic E-state index is -0.129. The summed E-state index contributed by atoms with van der Waals surface area (Å²) in [6.07, 6.45) is 4.70. The summed E-state index contributed by atoms with van der Waals surface area (Å²) in [7, 11) is 0. The summed E-state index contributed by atoms with van der Waals surface area (Å²) in [6, 6.07) is 7.13. The molecule has 1 heterocycles. The number of nitrogens with one attached hydrogen (secondary N) is 1. The van der Waals surface area contributed by atoms with Crippen LogP contribution in [-0.4, -0.2) is 38.7 Å². The zero-order valence-electron chi connectivity index (χ0n) is 11.4. The third-order valence-corrected chi connectivity index (χ3v) is 3.12. The third kappa shape index (κ3) is 3.42. The van der Waals surface area contributed by atoms with Gasteiger partial charge in [0.15, 0.2) is 0 Å². The number of carbonyl (C=O) groups excluding carboxylic acids is 1. The second-order valence-corrected chi connectivity index (χ2v) is 4.49. The van der Waals surface area contributed by atoms with Crippen molar-refractivity contribution in [2.24, 2.45) is 0 Å². The van der Waals surface area contributed by atoms with E-state index in [4.69, 9.17) is 5.11 Å². The van der Waals surface area contributed by atoms with Crippen molar-refractivity contribution >= 4 is 5.91 Å². The average Bonchev–Trinajstić information content (AvgIpc) is 3.01. The normalized spacial score (nSPS) is 12.1. The topological polar surface area (TPSA) is 80.0 Å². The van der Waals surface area contributed by atoms with E-state index in [1.165, 1.54) is 0 Å². The molecule has 0 bridgehead atoms. The van der Waals surface area contributed by atoms with Crippen molar-refractivity contribution < 1.29 is 9.90 Å². The molecular formula is C14H18N4O2. The molecule has 2 aromatic rings. The fraction of sp³-hybridized carbons (Fsp3) is 0.357. The lowest BCUT2D eigenvalue weighted by Gasteiger charge is -2.15. The van der Waals surface area contributed by atoms with Crippen LogP contribution in [-0.2, 0) is 0 Å². The van der Waals surface area contributed by atoms with Crippen LogP contribution in [0.25, 0.3) is 5.69 Å². The van der Waals surface area contributed by atoms with Crippen LogP contribution in [0, 0.1) is 0 Å². The molecule has 1 unspecified atom stereocenters. The SMILES string of the molecule is CCC(CCO)NC(=O)c1ccc(-n2ccnn2)cc1. The van der Waals surface area contributed by atoms with Crippen molar-refractivity contribution in [1.82, 2.24) is 20.3 Å². The van der Waals surface area contributed by atoms with E-state index < -0.39 is 0 Å². The Kier molecular flexibility index (Phi) is 4.84. The maximum Gasteiger partial charge on any atom is 0.251 e. The van der Waals surface area contributed by atoms with Crippen LogP contribution in [0.2, 0.25) is 0 Å². The highest BCUT2D eigenvalue weighted by molar-refractivity contribution is 5.94. The van der Waals surface area contributed by atoms with Gasteiger partial charge in [-0.05, 0) is 37.1 Å².